The molecule has 0 aromatic rings. The fourth-order valence-electron chi connectivity index (χ4n) is 15.4. The summed E-state index contributed by atoms with van der Waals surface area (Å²) in [5, 5.41) is 0. The van der Waals surface area contributed by atoms with Gasteiger partial charge in [-0.25, -0.2) is 0 Å². The lowest BCUT2D eigenvalue weighted by Gasteiger charge is -2.73. The third-order valence-electron chi connectivity index (χ3n) is 17.1. The van der Waals surface area contributed by atoms with Crippen LogP contribution in [0.2, 0.25) is 0 Å². The molecule has 0 bridgehead atoms. The van der Waals surface area contributed by atoms with Gasteiger partial charge < -0.3 is 0 Å². The Morgan fingerprint density at radius 1 is 0.780 bits per heavy atom. The molecule has 14 atom stereocenters. The van der Waals surface area contributed by atoms with Gasteiger partial charge in [-0.15, -0.1) is 0 Å². The maximum atomic E-state index is 2.83. The van der Waals surface area contributed by atoms with Crippen LogP contribution in [0, 0.1) is 105 Å². The molecule has 0 radical (unpaired) electrons. The summed E-state index contributed by atoms with van der Waals surface area (Å²) in [6.07, 6.45) is 13.5. The molecular formula is C41H74. The standard InChI is InChI=1S/C41H74/c1-15-30-20-33(31-16-18-32(19-17-31)38(9,10)11)34-22-39(12)23-40(13)21-25(4)35(24(2)3)28(7)41(40,14)29(8)37(39)27(6)36(34)26(30)5/h24-37H,15-23H2,1-14H3. The van der Waals surface area contributed by atoms with Gasteiger partial charge in [0.1, 0.15) is 0 Å². The van der Waals surface area contributed by atoms with E-state index in [-0.39, 0.29) is 0 Å². The van der Waals surface area contributed by atoms with E-state index in [1.54, 1.807) is 12.8 Å². The van der Waals surface area contributed by atoms with E-state index in [1.165, 1.54) is 44.9 Å². The van der Waals surface area contributed by atoms with Crippen LogP contribution in [-0.2, 0) is 0 Å². The van der Waals surface area contributed by atoms with Crippen LogP contribution in [0.15, 0.2) is 0 Å². The molecule has 5 fully saturated rings. The summed E-state index contributed by atoms with van der Waals surface area (Å²) in [4.78, 5) is 0. The first kappa shape index (κ1) is 32.4. The topological polar surface area (TPSA) is 0 Å². The fourth-order valence-corrected chi connectivity index (χ4v) is 15.4. The highest BCUT2D eigenvalue weighted by Gasteiger charge is 2.69. The maximum absolute atomic E-state index is 2.83. The first-order chi connectivity index (χ1) is 18.9. The van der Waals surface area contributed by atoms with E-state index in [1.807, 2.05) is 0 Å². The van der Waals surface area contributed by atoms with Crippen LogP contribution in [0.25, 0.3) is 0 Å². The number of hydrogen-bond donors (Lipinski definition) is 0. The molecule has 0 nitrogen and oxygen atoms in total. The van der Waals surface area contributed by atoms with Crippen molar-refractivity contribution in [1.29, 1.82) is 0 Å². The van der Waals surface area contributed by atoms with Gasteiger partial charge in [0.05, 0.1) is 0 Å². The molecule has 0 heteroatoms. The molecule has 5 aliphatic rings. The Bertz CT molecular complexity index is 915. The summed E-state index contributed by atoms with van der Waals surface area (Å²) in [7, 11) is 0. The maximum Gasteiger partial charge on any atom is -0.0215 e. The molecule has 0 N–H and O–H groups in total. The fraction of sp³-hybridized carbons (Fsp3) is 1.00. The largest absolute Gasteiger partial charge is 0.0651 e. The van der Waals surface area contributed by atoms with Gasteiger partial charge in [-0.3, -0.25) is 0 Å². The minimum absolute atomic E-state index is 0.451. The highest BCUT2D eigenvalue weighted by Crippen LogP contribution is 2.75. The van der Waals surface area contributed by atoms with E-state index in [4.69, 9.17) is 0 Å². The van der Waals surface area contributed by atoms with Crippen LogP contribution >= 0.6 is 0 Å². The molecule has 0 saturated heterocycles. The summed E-state index contributed by atoms with van der Waals surface area (Å²) in [6.45, 7) is 37.1. The van der Waals surface area contributed by atoms with Gasteiger partial charge in [0.25, 0.3) is 0 Å². The second kappa shape index (κ2) is 10.8. The number of rotatable bonds is 3. The SMILES string of the molecule is CCC1CC(C2CCC(C(C)(C)C)CC2)C2CC3(C)CC4(C)CC(C)C(C(C)C)C(C)C4(C)C(C)C3C(C)C2C1C. The van der Waals surface area contributed by atoms with Crippen LogP contribution in [0.5, 0.6) is 0 Å². The molecule has 14 unspecified atom stereocenters. The van der Waals surface area contributed by atoms with Gasteiger partial charge in [0, 0.05) is 0 Å². The first-order valence-corrected chi connectivity index (χ1v) is 18.9. The molecule has 0 amide bonds. The van der Waals surface area contributed by atoms with Gasteiger partial charge in [-0.2, -0.15) is 0 Å². The third-order valence-corrected chi connectivity index (χ3v) is 17.1. The van der Waals surface area contributed by atoms with Crippen molar-refractivity contribution in [3.05, 3.63) is 0 Å². The van der Waals surface area contributed by atoms with Crippen molar-refractivity contribution >= 4 is 0 Å². The predicted octanol–water partition coefficient (Wildman–Crippen LogP) is 12.4. The quantitative estimate of drug-likeness (QED) is 0.319. The zero-order chi connectivity index (χ0) is 30.4. The summed E-state index contributed by atoms with van der Waals surface area (Å²) < 4.78 is 0. The van der Waals surface area contributed by atoms with E-state index in [0.29, 0.717) is 21.7 Å². The average molecular weight is 567 g/mol. The monoisotopic (exact) mass is 567 g/mol. The molecule has 0 aromatic carbocycles. The normalized spacial score (nSPS) is 56.1. The molecule has 0 aromatic heterocycles. The highest BCUT2D eigenvalue weighted by molar-refractivity contribution is 5.17. The highest BCUT2D eigenvalue weighted by atomic mass is 14.7. The van der Waals surface area contributed by atoms with E-state index < -0.39 is 0 Å². The minimum Gasteiger partial charge on any atom is -0.0651 e. The number of fused-ring (bicyclic) bond motifs is 3. The second-order valence-electron chi connectivity index (χ2n) is 20.0. The smallest absolute Gasteiger partial charge is 0.0215 e. The van der Waals surface area contributed by atoms with Crippen molar-refractivity contribution in [3.63, 3.8) is 0 Å². The van der Waals surface area contributed by atoms with Crippen molar-refractivity contribution in [2.24, 2.45) is 105 Å². The molecule has 0 heterocycles. The molecule has 5 saturated carbocycles. The van der Waals surface area contributed by atoms with Gasteiger partial charge in [-0.1, -0.05) is 103 Å². The van der Waals surface area contributed by atoms with Crippen molar-refractivity contribution in [1.82, 2.24) is 0 Å². The third kappa shape index (κ3) is 4.86. The van der Waals surface area contributed by atoms with Crippen LogP contribution in [-0.4, -0.2) is 0 Å². The van der Waals surface area contributed by atoms with E-state index in [9.17, 15) is 0 Å². The van der Waals surface area contributed by atoms with Gasteiger partial charge >= 0.3 is 0 Å². The van der Waals surface area contributed by atoms with Crippen molar-refractivity contribution < 1.29 is 0 Å². The lowest BCUT2D eigenvalue weighted by atomic mass is 9.31. The summed E-state index contributed by atoms with van der Waals surface area (Å²) >= 11 is 0. The van der Waals surface area contributed by atoms with Crippen LogP contribution in [0.1, 0.15) is 155 Å². The summed E-state index contributed by atoms with van der Waals surface area (Å²) in [5.41, 5.74) is 1.93. The van der Waals surface area contributed by atoms with E-state index in [2.05, 4.69) is 96.9 Å². The molecule has 5 aliphatic carbocycles. The molecular weight excluding hydrogens is 492 g/mol. The molecule has 238 valence electrons. The Labute approximate surface area is 258 Å². The molecule has 5 rings (SSSR count). The Morgan fingerprint density at radius 3 is 1.93 bits per heavy atom. The van der Waals surface area contributed by atoms with Crippen molar-refractivity contribution in [3.8, 4) is 0 Å². The van der Waals surface area contributed by atoms with Crippen molar-refractivity contribution in [2.75, 3.05) is 0 Å². The zero-order valence-electron chi connectivity index (χ0n) is 30.4. The van der Waals surface area contributed by atoms with E-state index in [0.717, 1.165) is 82.9 Å². The van der Waals surface area contributed by atoms with Crippen molar-refractivity contribution in [2.45, 2.75) is 155 Å². The van der Waals surface area contributed by atoms with Crippen LogP contribution in [0.3, 0.4) is 0 Å². The summed E-state index contributed by atoms with van der Waals surface area (Å²) in [6, 6.07) is 0. The average Bonchev–Trinajstić information content (AvgIpc) is 2.85. The van der Waals surface area contributed by atoms with Gasteiger partial charge in [-0.05, 0) is 156 Å². The van der Waals surface area contributed by atoms with Gasteiger partial charge in [0.2, 0.25) is 0 Å². The summed E-state index contributed by atoms with van der Waals surface area (Å²) in [5.74, 6) is 12.6. The Kier molecular flexibility index (Phi) is 8.55. The molecule has 0 aliphatic heterocycles. The number of hydrogen-bond acceptors (Lipinski definition) is 0. The predicted molar refractivity (Wildman–Crippen MR) is 180 cm³/mol. The Morgan fingerprint density at radius 2 is 1.39 bits per heavy atom. The first-order valence-electron chi connectivity index (χ1n) is 18.9. The second-order valence-corrected chi connectivity index (χ2v) is 20.0. The van der Waals surface area contributed by atoms with Crippen LogP contribution in [0.4, 0.5) is 0 Å². The minimum atomic E-state index is 0.451. The van der Waals surface area contributed by atoms with Crippen LogP contribution < -0.4 is 0 Å². The lowest BCUT2D eigenvalue weighted by Crippen LogP contribution is -2.67. The zero-order valence-corrected chi connectivity index (χ0v) is 30.4. The van der Waals surface area contributed by atoms with Gasteiger partial charge in [0.15, 0.2) is 0 Å². The molecule has 0 spiro atoms. The lowest BCUT2D eigenvalue weighted by molar-refractivity contribution is -0.251. The molecule has 41 heavy (non-hydrogen) atoms. The van der Waals surface area contributed by atoms with E-state index >= 15 is 0 Å². The Balaban J connectivity index is 1.50. The Hall–Kier alpha value is 0.